The number of para-hydroxylation sites is 1. The molecule has 1 aromatic carbocycles. The van der Waals surface area contributed by atoms with Crippen LogP contribution in [0.4, 0.5) is 4.39 Å². The Balaban J connectivity index is 1.76. The lowest BCUT2D eigenvalue weighted by Gasteiger charge is -2.24. The summed E-state index contributed by atoms with van der Waals surface area (Å²) in [5.41, 5.74) is -3.66. The summed E-state index contributed by atoms with van der Waals surface area (Å²) in [4.78, 5) is 38.1. The molecule has 1 saturated heterocycles. The van der Waals surface area contributed by atoms with Crippen molar-refractivity contribution in [1.82, 2.24) is 14.6 Å². The number of aldehydes is 1. The topological polar surface area (TPSA) is 138 Å². The van der Waals surface area contributed by atoms with Crippen LogP contribution in [-0.4, -0.2) is 53.0 Å². The molecule has 1 fully saturated rings. The Bertz CT molecular complexity index is 1120. The molecule has 35 heavy (non-hydrogen) atoms. The van der Waals surface area contributed by atoms with Crippen molar-refractivity contribution in [2.24, 2.45) is 0 Å². The lowest BCUT2D eigenvalue weighted by molar-refractivity contribution is -0.111. The first-order chi connectivity index (χ1) is 16.5. The number of carbonyl (C=O) groups is 1. The van der Waals surface area contributed by atoms with E-state index in [2.05, 4.69) is 10.1 Å². The fourth-order valence-electron chi connectivity index (χ4n) is 3.50. The summed E-state index contributed by atoms with van der Waals surface area (Å²) >= 11 is 0. The number of hydrogen-bond donors (Lipinski definition) is 2. The van der Waals surface area contributed by atoms with Crippen molar-refractivity contribution < 1.29 is 32.3 Å². The minimum absolute atomic E-state index is 0.0864. The van der Waals surface area contributed by atoms with Crippen molar-refractivity contribution in [3.8, 4) is 5.75 Å². The van der Waals surface area contributed by atoms with E-state index in [9.17, 15) is 18.9 Å². The number of aromatic nitrogens is 2. The van der Waals surface area contributed by atoms with Crippen LogP contribution in [0.5, 0.6) is 5.75 Å². The fraction of sp³-hybridized carbons (Fsp3) is 0.500. The van der Waals surface area contributed by atoms with Crippen molar-refractivity contribution in [2.75, 3.05) is 13.2 Å². The molecule has 0 spiro atoms. The van der Waals surface area contributed by atoms with Crippen molar-refractivity contribution >= 4 is 14.0 Å². The van der Waals surface area contributed by atoms with E-state index in [-0.39, 0.29) is 24.9 Å². The zero-order chi connectivity index (χ0) is 25.6. The van der Waals surface area contributed by atoms with Gasteiger partial charge in [-0.1, -0.05) is 18.2 Å². The van der Waals surface area contributed by atoms with Gasteiger partial charge < -0.3 is 23.8 Å². The van der Waals surface area contributed by atoms with E-state index in [1.807, 2.05) is 0 Å². The van der Waals surface area contributed by atoms with Crippen LogP contribution in [0.3, 0.4) is 0 Å². The number of aromatic amines is 1. The van der Waals surface area contributed by atoms with Gasteiger partial charge in [0.15, 0.2) is 11.9 Å². The standard InChI is InChI=1S/C22H29FN3O8P/c1-15(2)31-13-16(12-27)25-35(30,34-17-7-5-4-6-8-17)32-14-18-11-22(3,23)20(33-18)26-19(28)9-10-24-21(26)29/h4-10,12,15-16,18,20H,11,13-14H2,1-3H3,(H,24,29)(H,25,30)/t16-,18-,20-,22-,35-/m1/s1. The van der Waals surface area contributed by atoms with Crippen molar-refractivity contribution in [3.05, 3.63) is 63.4 Å². The molecule has 13 heteroatoms. The maximum atomic E-state index is 15.3. The first-order valence-electron chi connectivity index (χ1n) is 11.0. The summed E-state index contributed by atoms with van der Waals surface area (Å²) in [5.74, 6) is 0.209. The highest BCUT2D eigenvalue weighted by molar-refractivity contribution is 7.52. The van der Waals surface area contributed by atoms with Crippen LogP contribution in [0.2, 0.25) is 0 Å². The smallest absolute Gasteiger partial charge is 0.413 e. The Morgan fingerprint density at radius 2 is 2.03 bits per heavy atom. The second-order valence-corrected chi connectivity index (χ2v) is 10.2. The number of H-pyrrole nitrogens is 1. The summed E-state index contributed by atoms with van der Waals surface area (Å²) in [6.07, 6.45) is -1.25. The number of ether oxygens (including phenoxy) is 2. The number of hydrogen-bond acceptors (Lipinski definition) is 8. The van der Waals surface area contributed by atoms with Crippen LogP contribution in [0.25, 0.3) is 0 Å². The number of rotatable bonds is 12. The van der Waals surface area contributed by atoms with E-state index < -0.39 is 49.6 Å². The molecule has 0 saturated carbocycles. The summed E-state index contributed by atoms with van der Waals surface area (Å²) in [7, 11) is -4.18. The average molecular weight is 513 g/mol. The predicted octanol–water partition coefficient (Wildman–Crippen LogP) is 2.34. The molecular formula is C22H29FN3O8P. The van der Waals surface area contributed by atoms with Gasteiger partial charge >= 0.3 is 13.4 Å². The summed E-state index contributed by atoms with van der Waals surface area (Å²) in [5, 5.41) is 2.55. The number of carbonyl (C=O) groups excluding carboxylic acids is 1. The van der Waals surface area contributed by atoms with Crippen LogP contribution in [0.1, 0.15) is 33.4 Å². The van der Waals surface area contributed by atoms with Gasteiger partial charge in [0.05, 0.1) is 31.5 Å². The van der Waals surface area contributed by atoms with Crippen molar-refractivity contribution in [1.29, 1.82) is 0 Å². The van der Waals surface area contributed by atoms with Gasteiger partial charge in [0.25, 0.3) is 5.56 Å². The molecule has 1 aliphatic heterocycles. The van der Waals surface area contributed by atoms with Crippen molar-refractivity contribution in [3.63, 3.8) is 0 Å². The summed E-state index contributed by atoms with van der Waals surface area (Å²) in [6, 6.07) is 8.21. The monoisotopic (exact) mass is 513 g/mol. The van der Waals surface area contributed by atoms with Gasteiger partial charge in [-0.05, 0) is 32.9 Å². The minimum Gasteiger partial charge on any atom is -0.413 e. The molecular weight excluding hydrogens is 484 g/mol. The second-order valence-electron chi connectivity index (χ2n) is 8.54. The average Bonchev–Trinajstić information content (AvgIpc) is 3.10. The number of halogens is 1. The highest BCUT2D eigenvalue weighted by Crippen LogP contribution is 2.47. The normalized spacial score (nSPS) is 24.7. The predicted molar refractivity (Wildman–Crippen MR) is 124 cm³/mol. The highest BCUT2D eigenvalue weighted by atomic mass is 31.2. The van der Waals surface area contributed by atoms with Gasteiger partial charge in [0.2, 0.25) is 0 Å². The third-order valence-corrected chi connectivity index (χ3v) is 6.67. The quantitative estimate of drug-likeness (QED) is 0.324. The largest absolute Gasteiger partial charge is 0.459 e. The molecule has 3 rings (SSSR count). The molecule has 0 amide bonds. The number of benzene rings is 1. The van der Waals surface area contributed by atoms with Crippen molar-refractivity contribution in [2.45, 2.75) is 57.3 Å². The van der Waals surface area contributed by atoms with Gasteiger partial charge in [-0.15, -0.1) is 0 Å². The Morgan fingerprint density at radius 1 is 1.31 bits per heavy atom. The van der Waals surface area contributed by atoms with Crippen LogP contribution in [0, 0.1) is 0 Å². The molecule has 192 valence electrons. The molecule has 0 aliphatic carbocycles. The van der Waals surface area contributed by atoms with E-state index in [4.69, 9.17) is 18.5 Å². The zero-order valence-corrected chi connectivity index (χ0v) is 20.5. The molecule has 1 aromatic heterocycles. The number of nitrogens with zero attached hydrogens (tertiary/aromatic N) is 1. The Labute approximate surface area is 201 Å². The highest BCUT2D eigenvalue weighted by Gasteiger charge is 2.49. The van der Waals surface area contributed by atoms with Gasteiger partial charge in [0.1, 0.15) is 12.0 Å². The Hall–Kier alpha value is -2.63. The molecule has 2 heterocycles. The molecule has 2 N–H and O–H groups in total. The van der Waals surface area contributed by atoms with E-state index in [0.717, 1.165) is 12.3 Å². The second kappa shape index (κ2) is 11.4. The van der Waals surface area contributed by atoms with Crippen LogP contribution < -0.4 is 20.9 Å². The van der Waals surface area contributed by atoms with Gasteiger partial charge in [-0.2, -0.15) is 5.09 Å². The van der Waals surface area contributed by atoms with Crippen LogP contribution in [0.15, 0.2) is 52.2 Å². The van der Waals surface area contributed by atoms with Crippen LogP contribution in [-0.2, 0) is 23.4 Å². The summed E-state index contributed by atoms with van der Waals surface area (Å²) in [6.45, 7) is 4.26. The molecule has 5 atom stereocenters. The molecule has 0 radical (unpaired) electrons. The Kier molecular flexibility index (Phi) is 8.79. The maximum Gasteiger partial charge on any atom is 0.459 e. The van der Waals surface area contributed by atoms with Gasteiger partial charge in [-0.25, -0.2) is 18.3 Å². The number of alkyl halides is 1. The fourth-order valence-corrected chi connectivity index (χ4v) is 4.98. The molecule has 2 aromatic rings. The molecule has 1 aliphatic rings. The molecule has 11 nitrogen and oxygen atoms in total. The lowest BCUT2D eigenvalue weighted by atomic mass is 10.0. The first-order valence-corrected chi connectivity index (χ1v) is 12.6. The SMILES string of the molecule is CC(C)OC[C@@H](C=O)N[P@@](=O)(OC[C@H]1C[C@@](C)(F)[C@H](n2c(=O)cc[nH]c2=O)O1)Oc1ccccc1. The Morgan fingerprint density at radius 3 is 2.66 bits per heavy atom. The van der Waals surface area contributed by atoms with E-state index >= 15 is 4.39 Å². The van der Waals surface area contributed by atoms with E-state index in [1.165, 1.54) is 6.92 Å². The van der Waals surface area contributed by atoms with E-state index in [0.29, 0.717) is 10.9 Å². The van der Waals surface area contributed by atoms with Crippen LogP contribution >= 0.6 is 7.75 Å². The lowest BCUT2D eigenvalue weighted by Crippen LogP contribution is -2.43. The van der Waals surface area contributed by atoms with E-state index in [1.54, 1.807) is 44.2 Å². The summed E-state index contributed by atoms with van der Waals surface area (Å²) < 4.78 is 51.6. The zero-order valence-electron chi connectivity index (χ0n) is 19.6. The minimum atomic E-state index is -4.18. The molecule has 0 bridgehead atoms. The third-order valence-electron chi connectivity index (χ3n) is 5.08. The third kappa shape index (κ3) is 7.18. The van der Waals surface area contributed by atoms with Gasteiger partial charge in [-0.3, -0.25) is 9.32 Å². The number of nitrogens with one attached hydrogen (secondary N) is 2. The first kappa shape index (κ1) is 27.0. The van der Waals surface area contributed by atoms with Gasteiger partial charge in [0, 0.05) is 18.7 Å². The maximum absolute atomic E-state index is 15.3. The molecule has 0 unspecified atom stereocenters.